The van der Waals surface area contributed by atoms with E-state index in [1.807, 2.05) is 12.1 Å². The number of rotatable bonds is 4. The largest absolute Gasteiger partial charge is 0.329 e. The molecule has 0 saturated carbocycles. The van der Waals surface area contributed by atoms with Crippen LogP contribution < -0.4 is 5.73 Å². The fourth-order valence-electron chi connectivity index (χ4n) is 2.55. The second kappa shape index (κ2) is 9.54. The normalized spacial score (nSPS) is 16.5. The van der Waals surface area contributed by atoms with Crippen molar-refractivity contribution >= 4 is 24.8 Å². The van der Waals surface area contributed by atoms with Crippen LogP contribution in [-0.2, 0) is 6.42 Å². The summed E-state index contributed by atoms with van der Waals surface area (Å²) in [7, 11) is 0. The summed E-state index contributed by atoms with van der Waals surface area (Å²) in [5.74, 6) is 0.598. The molecule has 0 atom stereocenters. The van der Waals surface area contributed by atoms with Gasteiger partial charge in [0, 0.05) is 13.1 Å². The second-order valence-corrected chi connectivity index (χ2v) is 4.90. The Labute approximate surface area is 127 Å². The van der Waals surface area contributed by atoms with Crippen molar-refractivity contribution in [2.24, 2.45) is 11.7 Å². The van der Waals surface area contributed by atoms with E-state index in [1.54, 1.807) is 12.1 Å². The fraction of sp³-hybridized carbons (Fsp3) is 0.571. The van der Waals surface area contributed by atoms with E-state index in [0.29, 0.717) is 0 Å². The number of halogens is 3. The number of nitrogens with zero attached hydrogens (tertiary/aromatic N) is 1. The molecule has 1 aliphatic rings. The zero-order chi connectivity index (χ0) is 12.1. The van der Waals surface area contributed by atoms with Gasteiger partial charge in [-0.3, -0.25) is 0 Å². The number of hydrogen-bond acceptors (Lipinski definition) is 2. The van der Waals surface area contributed by atoms with Gasteiger partial charge >= 0.3 is 0 Å². The lowest BCUT2D eigenvalue weighted by Gasteiger charge is -2.31. The summed E-state index contributed by atoms with van der Waals surface area (Å²) < 4.78 is 12.8. The molecule has 0 aliphatic carbocycles. The maximum Gasteiger partial charge on any atom is 0.123 e. The number of piperidine rings is 1. The molecule has 1 aromatic rings. The minimum Gasteiger partial charge on any atom is -0.329 e. The van der Waals surface area contributed by atoms with Gasteiger partial charge < -0.3 is 10.6 Å². The maximum atomic E-state index is 12.8. The first-order valence-corrected chi connectivity index (χ1v) is 6.45. The fourth-order valence-corrected chi connectivity index (χ4v) is 2.55. The Hall–Kier alpha value is -0.350. The minimum atomic E-state index is -0.147. The van der Waals surface area contributed by atoms with E-state index >= 15 is 0 Å². The molecule has 0 aromatic heterocycles. The van der Waals surface area contributed by atoms with Gasteiger partial charge in [0.1, 0.15) is 5.82 Å². The van der Waals surface area contributed by atoms with Crippen LogP contribution in [0.4, 0.5) is 4.39 Å². The van der Waals surface area contributed by atoms with Gasteiger partial charge in [0.25, 0.3) is 0 Å². The lowest BCUT2D eigenvalue weighted by Crippen LogP contribution is -2.37. The monoisotopic (exact) mass is 308 g/mol. The second-order valence-electron chi connectivity index (χ2n) is 4.90. The Morgan fingerprint density at radius 3 is 2.21 bits per heavy atom. The highest BCUT2D eigenvalue weighted by atomic mass is 35.5. The first kappa shape index (κ1) is 18.7. The van der Waals surface area contributed by atoms with Crippen molar-refractivity contribution in [3.05, 3.63) is 35.6 Å². The molecule has 0 bridgehead atoms. The van der Waals surface area contributed by atoms with Crippen LogP contribution in [0.5, 0.6) is 0 Å². The van der Waals surface area contributed by atoms with E-state index in [9.17, 15) is 4.39 Å². The van der Waals surface area contributed by atoms with Crippen molar-refractivity contribution in [3.63, 3.8) is 0 Å². The van der Waals surface area contributed by atoms with Crippen LogP contribution in [0.25, 0.3) is 0 Å². The molecule has 2 N–H and O–H groups in total. The van der Waals surface area contributed by atoms with Crippen molar-refractivity contribution in [1.29, 1.82) is 0 Å². The van der Waals surface area contributed by atoms with Crippen LogP contribution in [0.2, 0.25) is 0 Å². The zero-order valence-electron chi connectivity index (χ0n) is 11.1. The molecule has 1 fully saturated rings. The predicted molar refractivity (Wildman–Crippen MR) is 82.8 cm³/mol. The number of nitrogens with two attached hydrogens (primary N) is 1. The summed E-state index contributed by atoms with van der Waals surface area (Å²) in [6.07, 6.45) is 3.55. The average molecular weight is 309 g/mol. The number of hydrogen-bond donors (Lipinski definition) is 1. The topological polar surface area (TPSA) is 29.3 Å². The highest BCUT2D eigenvalue weighted by molar-refractivity contribution is 5.85. The van der Waals surface area contributed by atoms with Crippen molar-refractivity contribution < 1.29 is 4.39 Å². The summed E-state index contributed by atoms with van der Waals surface area (Å²) in [4.78, 5) is 2.43. The van der Waals surface area contributed by atoms with Gasteiger partial charge in [-0.15, -0.1) is 24.8 Å². The third kappa shape index (κ3) is 6.09. The molecular weight excluding hydrogens is 286 g/mol. The van der Waals surface area contributed by atoms with E-state index in [-0.39, 0.29) is 30.6 Å². The van der Waals surface area contributed by atoms with E-state index in [2.05, 4.69) is 4.90 Å². The molecule has 0 amide bonds. The molecule has 2 rings (SSSR count). The summed E-state index contributed by atoms with van der Waals surface area (Å²) in [5, 5.41) is 0. The van der Waals surface area contributed by atoms with E-state index in [1.165, 1.54) is 18.4 Å². The van der Waals surface area contributed by atoms with Crippen LogP contribution in [0.3, 0.4) is 0 Å². The first-order chi connectivity index (χ1) is 8.28. The average Bonchev–Trinajstić information content (AvgIpc) is 2.35. The van der Waals surface area contributed by atoms with E-state index < -0.39 is 0 Å². The number of likely N-dealkylation sites (tertiary alicyclic amines) is 1. The van der Waals surface area contributed by atoms with Gasteiger partial charge in [0.15, 0.2) is 0 Å². The lowest BCUT2D eigenvalue weighted by atomic mass is 9.90. The van der Waals surface area contributed by atoms with Crippen LogP contribution in [0.15, 0.2) is 24.3 Å². The van der Waals surface area contributed by atoms with Crippen molar-refractivity contribution in [1.82, 2.24) is 4.90 Å². The standard InChI is InChI=1S/C14H21FN2.2ClH/c15-14-3-1-12(2-4-14)11-13-5-8-17(9-6-13)10-7-16;;/h1-4,13H,5-11,16H2;2*1H. The predicted octanol–water partition coefficient (Wildman–Crippen LogP) is 2.88. The highest BCUT2D eigenvalue weighted by Gasteiger charge is 2.18. The SMILES string of the molecule is Cl.Cl.NCCN1CCC(Cc2ccc(F)cc2)CC1. The third-order valence-corrected chi connectivity index (χ3v) is 3.59. The summed E-state index contributed by atoms with van der Waals surface area (Å²) in [6.45, 7) is 4.08. The van der Waals surface area contributed by atoms with Gasteiger partial charge in [-0.25, -0.2) is 4.39 Å². The Morgan fingerprint density at radius 2 is 1.68 bits per heavy atom. The molecular formula is C14H23Cl2FN2. The Morgan fingerprint density at radius 1 is 1.11 bits per heavy atom. The third-order valence-electron chi connectivity index (χ3n) is 3.59. The maximum absolute atomic E-state index is 12.8. The molecule has 1 aliphatic heterocycles. The van der Waals surface area contributed by atoms with Crippen molar-refractivity contribution in [2.75, 3.05) is 26.2 Å². The van der Waals surface area contributed by atoms with Crippen molar-refractivity contribution in [2.45, 2.75) is 19.3 Å². The van der Waals surface area contributed by atoms with Gasteiger partial charge in [0.2, 0.25) is 0 Å². The Bertz CT molecular complexity index is 338. The molecule has 1 heterocycles. The summed E-state index contributed by atoms with van der Waals surface area (Å²) in [6, 6.07) is 6.92. The Balaban J connectivity index is 0.00000162. The number of benzene rings is 1. The summed E-state index contributed by atoms with van der Waals surface area (Å²) >= 11 is 0. The molecule has 2 nitrogen and oxygen atoms in total. The lowest BCUT2D eigenvalue weighted by molar-refractivity contribution is 0.188. The molecule has 110 valence electrons. The quantitative estimate of drug-likeness (QED) is 0.926. The zero-order valence-corrected chi connectivity index (χ0v) is 12.7. The van der Waals surface area contributed by atoms with Crippen LogP contribution >= 0.6 is 24.8 Å². The van der Waals surface area contributed by atoms with Crippen LogP contribution in [-0.4, -0.2) is 31.1 Å². The molecule has 5 heteroatoms. The highest BCUT2D eigenvalue weighted by Crippen LogP contribution is 2.21. The molecule has 0 spiro atoms. The molecule has 1 aromatic carbocycles. The smallest absolute Gasteiger partial charge is 0.123 e. The molecule has 19 heavy (non-hydrogen) atoms. The Kier molecular flexibility index (Phi) is 9.36. The van der Waals surface area contributed by atoms with Gasteiger partial charge in [-0.2, -0.15) is 0 Å². The van der Waals surface area contributed by atoms with Crippen LogP contribution in [0.1, 0.15) is 18.4 Å². The van der Waals surface area contributed by atoms with Gasteiger partial charge in [-0.05, 0) is 56.0 Å². The van der Waals surface area contributed by atoms with Gasteiger partial charge in [-0.1, -0.05) is 12.1 Å². The van der Waals surface area contributed by atoms with Gasteiger partial charge in [0.05, 0.1) is 0 Å². The van der Waals surface area contributed by atoms with E-state index in [0.717, 1.165) is 38.5 Å². The molecule has 0 radical (unpaired) electrons. The van der Waals surface area contributed by atoms with Crippen molar-refractivity contribution in [3.8, 4) is 0 Å². The van der Waals surface area contributed by atoms with E-state index in [4.69, 9.17) is 5.73 Å². The molecule has 1 saturated heterocycles. The molecule has 0 unspecified atom stereocenters. The summed E-state index contributed by atoms with van der Waals surface area (Å²) in [5.41, 5.74) is 6.81. The van der Waals surface area contributed by atoms with Crippen LogP contribution in [0, 0.1) is 11.7 Å². The first-order valence-electron chi connectivity index (χ1n) is 6.45. The minimum absolute atomic E-state index is 0.